The van der Waals surface area contributed by atoms with Crippen LogP contribution in [0.15, 0.2) is 25.7 Å². The molecule has 0 bridgehead atoms. The molecule has 32 heavy (non-hydrogen) atoms. The van der Waals surface area contributed by atoms with Crippen LogP contribution in [0, 0.1) is 29.1 Å². The van der Waals surface area contributed by atoms with Gasteiger partial charge in [-0.3, -0.25) is 9.59 Å². The summed E-state index contributed by atoms with van der Waals surface area (Å²) in [5.41, 5.74) is -0.820. The lowest BCUT2D eigenvalue weighted by Gasteiger charge is -2.40. The highest BCUT2D eigenvalue weighted by Crippen LogP contribution is 2.46. The third kappa shape index (κ3) is 8.51. The smallest absolute Gasteiger partial charge is 0.309 e. The Bertz CT molecular complexity index is 565. The molecular weight excluding hydrogens is 408 g/mol. The summed E-state index contributed by atoms with van der Waals surface area (Å²) >= 11 is 0. The van der Waals surface area contributed by atoms with Crippen molar-refractivity contribution >= 4 is 11.9 Å². The number of ether oxygens (including phenoxy) is 2. The van der Waals surface area contributed by atoms with Crippen LogP contribution in [-0.2, 0) is 19.1 Å². The third-order valence-electron chi connectivity index (χ3n) is 7.69. The molecule has 0 aliphatic heterocycles. The van der Waals surface area contributed by atoms with E-state index in [1.165, 1.54) is 12.5 Å². The minimum absolute atomic E-state index is 0.0340. The highest BCUT2D eigenvalue weighted by molar-refractivity contribution is 5.75. The molecule has 0 aromatic carbocycles. The summed E-state index contributed by atoms with van der Waals surface area (Å²) in [5, 5.41) is 19.5. The van der Waals surface area contributed by atoms with Crippen molar-refractivity contribution in [2.45, 2.75) is 83.5 Å². The number of rotatable bonds is 15. The van der Waals surface area contributed by atoms with Crippen LogP contribution >= 0.6 is 0 Å². The van der Waals surface area contributed by atoms with Crippen LogP contribution in [0.4, 0.5) is 0 Å². The predicted molar refractivity (Wildman–Crippen MR) is 124 cm³/mol. The quantitative estimate of drug-likeness (QED) is 0.296. The number of carbonyl (C=O) groups is 2. The van der Waals surface area contributed by atoms with Crippen molar-refractivity contribution in [2.75, 3.05) is 13.2 Å². The average molecular weight is 451 g/mol. The molecule has 0 aromatic rings. The molecule has 0 atom stereocenters. The minimum Gasteiger partial charge on any atom is -0.502 e. The molecule has 2 aliphatic carbocycles. The largest absolute Gasteiger partial charge is 0.502 e. The first-order valence-corrected chi connectivity index (χ1v) is 12.3. The van der Waals surface area contributed by atoms with Gasteiger partial charge in [0.1, 0.15) is 0 Å². The molecule has 6 nitrogen and oxygen atoms in total. The van der Waals surface area contributed by atoms with Gasteiger partial charge in [-0.25, -0.2) is 0 Å². The summed E-state index contributed by atoms with van der Waals surface area (Å²) in [6, 6.07) is 0. The SMILES string of the molecule is C=COCC1CCC(CC(CCCC(=O)O)(CC2CCC(COC=C)CC2)C(=O)O)CC1. The lowest BCUT2D eigenvalue weighted by molar-refractivity contribution is -0.153. The number of aliphatic carboxylic acids is 2. The maximum absolute atomic E-state index is 12.6. The first kappa shape index (κ1) is 26.3. The van der Waals surface area contributed by atoms with Gasteiger partial charge in [-0.15, -0.1) is 0 Å². The molecule has 0 radical (unpaired) electrons. The second kappa shape index (κ2) is 13.5. The minimum atomic E-state index is -0.852. The van der Waals surface area contributed by atoms with Gasteiger partial charge >= 0.3 is 11.9 Å². The number of carboxylic acid groups (broad SMARTS) is 2. The van der Waals surface area contributed by atoms with E-state index in [2.05, 4.69) is 13.2 Å². The van der Waals surface area contributed by atoms with E-state index in [0.29, 0.717) is 62.6 Å². The van der Waals surface area contributed by atoms with Crippen molar-refractivity contribution in [3.8, 4) is 0 Å². The molecule has 2 N–H and O–H groups in total. The van der Waals surface area contributed by atoms with E-state index in [1.807, 2.05) is 0 Å². The Balaban J connectivity index is 2.00. The van der Waals surface area contributed by atoms with Crippen molar-refractivity contribution in [1.29, 1.82) is 0 Å². The van der Waals surface area contributed by atoms with Gasteiger partial charge in [0.15, 0.2) is 0 Å². The molecule has 2 saturated carbocycles. The third-order valence-corrected chi connectivity index (χ3v) is 7.69. The lowest BCUT2D eigenvalue weighted by Crippen LogP contribution is -2.37. The first-order valence-electron chi connectivity index (χ1n) is 12.3. The van der Waals surface area contributed by atoms with E-state index in [1.54, 1.807) is 0 Å². The van der Waals surface area contributed by atoms with E-state index >= 15 is 0 Å². The summed E-state index contributed by atoms with van der Waals surface area (Å²) < 4.78 is 10.7. The second-order valence-electron chi connectivity index (χ2n) is 10.0. The maximum Gasteiger partial charge on any atom is 0.309 e. The van der Waals surface area contributed by atoms with E-state index < -0.39 is 17.4 Å². The van der Waals surface area contributed by atoms with Crippen molar-refractivity contribution in [3.05, 3.63) is 25.7 Å². The highest BCUT2D eigenvalue weighted by Gasteiger charge is 2.43. The van der Waals surface area contributed by atoms with Crippen molar-refractivity contribution in [2.24, 2.45) is 29.1 Å². The molecule has 0 saturated heterocycles. The summed E-state index contributed by atoms with van der Waals surface area (Å²) in [6.07, 6.45) is 13.5. The predicted octanol–water partition coefficient (Wildman–Crippen LogP) is 6.03. The first-order chi connectivity index (χ1) is 15.4. The fourth-order valence-electron chi connectivity index (χ4n) is 5.86. The van der Waals surface area contributed by atoms with Gasteiger partial charge in [0.05, 0.1) is 31.2 Å². The van der Waals surface area contributed by atoms with Crippen molar-refractivity contribution in [1.82, 2.24) is 0 Å². The molecule has 2 aliphatic rings. The fourth-order valence-corrected chi connectivity index (χ4v) is 5.86. The Labute approximate surface area is 193 Å². The molecule has 2 fully saturated rings. The Morgan fingerprint density at radius 3 is 1.53 bits per heavy atom. The van der Waals surface area contributed by atoms with Gasteiger partial charge in [0.25, 0.3) is 0 Å². The molecule has 0 unspecified atom stereocenters. The topological polar surface area (TPSA) is 93.1 Å². The molecule has 0 aromatic heterocycles. The summed E-state index contributed by atoms with van der Waals surface area (Å²) in [7, 11) is 0. The van der Waals surface area contributed by atoms with Crippen molar-refractivity contribution in [3.63, 3.8) is 0 Å². The Hall–Kier alpha value is -1.98. The zero-order chi connectivity index (χ0) is 23.4. The average Bonchev–Trinajstić information content (AvgIpc) is 2.77. The van der Waals surface area contributed by atoms with Crippen LogP contribution in [0.1, 0.15) is 83.5 Å². The Morgan fingerprint density at radius 1 is 0.781 bits per heavy atom. The fraction of sp³-hybridized carbons (Fsp3) is 0.769. The van der Waals surface area contributed by atoms with Crippen LogP contribution in [0.25, 0.3) is 0 Å². The highest BCUT2D eigenvalue weighted by atomic mass is 16.5. The number of carboxylic acids is 2. The van der Waals surface area contributed by atoms with Crippen LogP contribution in [0.2, 0.25) is 0 Å². The van der Waals surface area contributed by atoms with E-state index in [-0.39, 0.29) is 6.42 Å². The van der Waals surface area contributed by atoms with Crippen molar-refractivity contribution < 1.29 is 29.3 Å². The van der Waals surface area contributed by atoms with E-state index in [0.717, 1.165) is 51.4 Å². The molecule has 0 heterocycles. The van der Waals surface area contributed by atoms with Crippen LogP contribution in [-0.4, -0.2) is 35.4 Å². The normalized spacial score (nSPS) is 27.6. The Kier molecular flexibility index (Phi) is 11.1. The van der Waals surface area contributed by atoms with Crippen LogP contribution < -0.4 is 0 Å². The van der Waals surface area contributed by atoms with Gasteiger partial charge in [-0.2, -0.15) is 0 Å². The summed E-state index contributed by atoms with van der Waals surface area (Å²) in [4.78, 5) is 23.7. The molecule has 2 rings (SSSR count). The maximum atomic E-state index is 12.6. The lowest BCUT2D eigenvalue weighted by atomic mass is 9.64. The molecule has 0 amide bonds. The molecule has 0 spiro atoms. The summed E-state index contributed by atoms with van der Waals surface area (Å²) in [5.74, 6) is 0.209. The zero-order valence-electron chi connectivity index (χ0n) is 19.5. The van der Waals surface area contributed by atoms with Gasteiger partial charge < -0.3 is 19.7 Å². The van der Waals surface area contributed by atoms with Gasteiger partial charge in [0, 0.05) is 6.42 Å². The molecule has 182 valence electrons. The second-order valence-corrected chi connectivity index (χ2v) is 10.0. The molecular formula is C26H42O6. The number of hydrogen-bond acceptors (Lipinski definition) is 4. The van der Waals surface area contributed by atoms with Gasteiger partial charge in [0.2, 0.25) is 0 Å². The van der Waals surface area contributed by atoms with E-state index in [4.69, 9.17) is 14.6 Å². The number of hydrogen-bond donors (Lipinski definition) is 2. The monoisotopic (exact) mass is 450 g/mol. The van der Waals surface area contributed by atoms with Crippen LogP contribution in [0.3, 0.4) is 0 Å². The van der Waals surface area contributed by atoms with E-state index in [9.17, 15) is 14.7 Å². The standard InChI is InChI=1S/C26H42O6/c1-3-31-18-22-11-7-20(8-12-22)16-26(25(29)30,15-5-6-24(27)28)17-21-9-13-23(14-10-21)19-32-4-2/h3-4,20-23H,1-2,5-19H2,(H,27,28)(H,29,30). The molecule has 6 heteroatoms. The zero-order valence-corrected chi connectivity index (χ0v) is 19.5. The summed E-state index contributed by atoms with van der Waals surface area (Å²) in [6.45, 7) is 8.59. The van der Waals surface area contributed by atoms with Gasteiger partial charge in [-0.1, -0.05) is 38.8 Å². The van der Waals surface area contributed by atoms with Gasteiger partial charge in [-0.05, 0) is 75.0 Å². The van der Waals surface area contributed by atoms with Crippen LogP contribution in [0.5, 0.6) is 0 Å². The Morgan fingerprint density at radius 2 is 1.19 bits per heavy atom.